The predicted octanol–water partition coefficient (Wildman–Crippen LogP) is 3.00. The third kappa shape index (κ3) is 1.74. The second-order valence-corrected chi connectivity index (χ2v) is 5.42. The lowest BCUT2D eigenvalue weighted by Crippen LogP contribution is -2.37. The lowest BCUT2D eigenvalue weighted by atomic mass is 9.69. The van der Waals surface area contributed by atoms with Crippen LogP contribution >= 0.6 is 0 Å². The molecule has 3 rings (SSSR count). The molecule has 1 fully saturated rings. The summed E-state index contributed by atoms with van der Waals surface area (Å²) in [4.78, 5) is 11.7. The first kappa shape index (κ1) is 11.7. The van der Waals surface area contributed by atoms with Crippen molar-refractivity contribution in [1.29, 1.82) is 0 Å². The van der Waals surface area contributed by atoms with Gasteiger partial charge in [-0.2, -0.15) is 0 Å². The summed E-state index contributed by atoms with van der Waals surface area (Å²) in [6, 6.07) is 6.09. The molecule has 96 valence electrons. The maximum Gasteiger partial charge on any atom is 0.314 e. The third-order valence-corrected chi connectivity index (χ3v) is 4.39. The minimum atomic E-state index is -0.666. The van der Waals surface area contributed by atoms with Gasteiger partial charge in [-0.25, -0.2) is 0 Å². The number of carboxylic acids is 1. The lowest BCUT2D eigenvalue weighted by molar-refractivity contribution is -0.145. The highest BCUT2D eigenvalue weighted by molar-refractivity contribution is 5.81. The Labute approximate surface area is 107 Å². The van der Waals surface area contributed by atoms with Crippen molar-refractivity contribution in [3.8, 4) is 0 Å². The van der Waals surface area contributed by atoms with E-state index in [1.165, 1.54) is 11.1 Å². The van der Waals surface area contributed by atoms with Gasteiger partial charge in [-0.05, 0) is 29.5 Å². The quantitative estimate of drug-likeness (QED) is 0.872. The van der Waals surface area contributed by atoms with Gasteiger partial charge >= 0.3 is 5.97 Å². The fourth-order valence-corrected chi connectivity index (χ4v) is 3.25. The van der Waals surface area contributed by atoms with E-state index in [1.54, 1.807) is 0 Å². The molecule has 1 saturated carbocycles. The van der Waals surface area contributed by atoms with E-state index in [0.29, 0.717) is 13.2 Å². The van der Waals surface area contributed by atoms with Gasteiger partial charge in [0.1, 0.15) is 0 Å². The highest BCUT2D eigenvalue weighted by atomic mass is 16.5. The monoisotopic (exact) mass is 246 g/mol. The average molecular weight is 246 g/mol. The lowest BCUT2D eigenvalue weighted by Gasteiger charge is -2.34. The van der Waals surface area contributed by atoms with E-state index >= 15 is 0 Å². The zero-order chi connectivity index (χ0) is 12.6. The zero-order valence-corrected chi connectivity index (χ0v) is 10.4. The van der Waals surface area contributed by atoms with Crippen LogP contribution in [0.3, 0.4) is 0 Å². The van der Waals surface area contributed by atoms with Crippen LogP contribution in [0, 0.1) is 0 Å². The number of hydrogen-bond acceptors (Lipinski definition) is 2. The van der Waals surface area contributed by atoms with Gasteiger partial charge in [0, 0.05) is 0 Å². The summed E-state index contributed by atoms with van der Waals surface area (Å²) in [5.41, 5.74) is 2.68. The predicted molar refractivity (Wildman–Crippen MR) is 67.3 cm³/mol. The second-order valence-electron chi connectivity index (χ2n) is 5.42. The Hall–Kier alpha value is -1.35. The van der Waals surface area contributed by atoms with Crippen molar-refractivity contribution in [2.24, 2.45) is 0 Å². The molecule has 1 N–H and O–H groups in total. The Bertz CT molecular complexity index is 473. The number of hydrogen-bond donors (Lipinski definition) is 1. The van der Waals surface area contributed by atoms with Crippen molar-refractivity contribution < 1.29 is 14.6 Å². The molecule has 2 aliphatic rings. The van der Waals surface area contributed by atoms with E-state index in [1.807, 2.05) is 12.1 Å². The SMILES string of the molecule is O=C(O)C1(c2ccc3c(c2)COC3)CCCCC1. The van der Waals surface area contributed by atoms with Crippen LogP contribution in [-0.4, -0.2) is 11.1 Å². The Morgan fingerprint density at radius 3 is 2.56 bits per heavy atom. The van der Waals surface area contributed by atoms with Gasteiger partial charge in [0.05, 0.1) is 18.6 Å². The summed E-state index contributed by atoms with van der Waals surface area (Å²) >= 11 is 0. The molecule has 1 aliphatic heterocycles. The molecule has 3 nitrogen and oxygen atoms in total. The number of fused-ring (bicyclic) bond motifs is 1. The first-order chi connectivity index (χ1) is 8.72. The fourth-order valence-electron chi connectivity index (χ4n) is 3.25. The fraction of sp³-hybridized carbons (Fsp3) is 0.533. The number of carboxylic acid groups (broad SMARTS) is 1. The molecule has 1 heterocycles. The Morgan fingerprint density at radius 2 is 1.83 bits per heavy atom. The number of carbonyl (C=O) groups is 1. The number of aliphatic carboxylic acids is 1. The molecule has 0 atom stereocenters. The molecule has 3 heteroatoms. The van der Waals surface area contributed by atoms with E-state index in [4.69, 9.17) is 4.74 Å². The minimum Gasteiger partial charge on any atom is -0.481 e. The number of ether oxygens (including phenoxy) is 1. The molecule has 1 aliphatic carbocycles. The van der Waals surface area contributed by atoms with Crippen LogP contribution in [0.4, 0.5) is 0 Å². The molecule has 0 radical (unpaired) electrons. The first-order valence-electron chi connectivity index (χ1n) is 6.66. The van der Waals surface area contributed by atoms with Crippen LogP contribution in [-0.2, 0) is 28.2 Å². The van der Waals surface area contributed by atoms with Crippen LogP contribution in [0.2, 0.25) is 0 Å². The Balaban J connectivity index is 2.02. The van der Waals surface area contributed by atoms with Gasteiger partial charge in [-0.15, -0.1) is 0 Å². The molecule has 0 aromatic heterocycles. The molecule has 1 aromatic carbocycles. The normalized spacial score (nSPS) is 21.6. The van der Waals surface area contributed by atoms with E-state index in [-0.39, 0.29) is 0 Å². The Kier molecular flexibility index (Phi) is 2.86. The van der Waals surface area contributed by atoms with Crippen molar-refractivity contribution >= 4 is 5.97 Å². The second kappa shape index (κ2) is 4.39. The summed E-state index contributed by atoms with van der Waals surface area (Å²) in [7, 11) is 0. The van der Waals surface area contributed by atoms with E-state index in [9.17, 15) is 9.90 Å². The van der Waals surface area contributed by atoms with Crippen LogP contribution in [0.25, 0.3) is 0 Å². The average Bonchev–Trinajstić information content (AvgIpc) is 2.86. The summed E-state index contributed by atoms with van der Waals surface area (Å²) in [6.45, 7) is 1.29. The van der Waals surface area contributed by atoms with Gasteiger partial charge < -0.3 is 9.84 Å². The van der Waals surface area contributed by atoms with Gasteiger partial charge in [0.15, 0.2) is 0 Å². The Morgan fingerprint density at radius 1 is 1.11 bits per heavy atom. The maximum atomic E-state index is 11.7. The summed E-state index contributed by atoms with van der Waals surface area (Å²) in [5, 5.41) is 9.66. The van der Waals surface area contributed by atoms with Crippen LogP contribution in [0.1, 0.15) is 48.8 Å². The van der Waals surface area contributed by atoms with Crippen LogP contribution in [0.15, 0.2) is 18.2 Å². The van der Waals surface area contributed by atoms with Crippen LogP contribution < -0.4 is 0 Å². The van der Waals surface area contributed by atoms with Crippen molar-refractivity contribution in [2.75, 3.05) is 0 Å². The highest BCUT2D eigenvalue weighted by Crippen LogP contribution is 2.40. The molecule has 0 unspecified atom stereocenters. The summed E-state index contributed by atoms with van der Waals surface area (Å²) < 4.78 is 5.40. The van der Waals surface area contributed by atoms with Gasteiger partial charge in [0.2, 0.25) is 0 Å². The molecular formula is C15H18O3. The summed E-state index contributed by atoms with van der Waals surface area (Å²) in [6.07, 6.45) is 4.72. The highest BCUT2D eigenvalue weighted by Gasteiger charge is 2.41. The molecule has 0 saturated heterocycles. The standard InChI is InChI=1S/C15H18O3/c16-14(17)15(6-2-1-3-7-15)13-5-4-11-9-18-10-12(11)8-13/h4-5,8H,1-3,6-7,9-10H2,(H,16,17). The topological polar surface area (TPSA) is 46.5 Å². The van der Waals surface area contributed by atoms with Crippen LogP contribution in [0.5, 0.6) is 0 Å². The number of benzene rings is 1. The van der Waals surface area contributed by atoms with Crippen molar-refractivity contribution in [2.45, 2.75) is 50.7 Å². The maximum absolute atomic E-state index is 11.7. The third-order valence-electron chi connectivity index (χ3n) is 4.39. The molecule has 0 bridgehead atoms. The molecule has 0 spiro atoms. The summed E-state index contributed by atoms with van der Waals surface area (Å²) in [5.74, 6) is -0.666. The van der Waals surface area contributed by atoms with E-state index < -0.39 is 11.4 Å². The molecular weight excluding hydrogens is 228 g/mol. The minimum absolute atomic E-state index is 0.624. The number of rotatable bonds is 2. The van der Waals surface area contributed by atoms with Gasteiger partial charge in [0.25, 0.3) is 0 Å². The molecule has 0 amide bonds. The zero-order valence-electron chi connectivity index (χ0n) is 10.4. The molecule has 18 heavy (non-hydrogen) atoms. The van der Waals surface area contributed by atoms with E-state index in [2.05, 4.69) is 6.07 Å². The first-order valence-corrected chi connectivity index (χ1v) is 6.66. The van der Waals surface area contributed by atoms with Crippen molar-refractivity contribution in [1.82, 2.24) is 0 Å². The smallest absolute Gasteiger partial charge is 0.314 e. The van der Waals surface area contributed by atoms with Gasteiger partial charge in [-0.1, -0.05) is 37.5 Å². The van der Waals surface area contributed by atoms with Gasteiger partial charge in [-0.3, -0.25) is 4.79 Å². The largest absolute Gasteiger partial charge is 0.481 e. The van der Waals surface area contributed by atoms with Crippen molar-refractivity contribution in [3.63, 3.8) is 0 Å². The van der Waals surface area contributed by atoms with Crippen molar-refractivity contribution in [3.05, 3.63) is 34.9 Å². The molecule has 1 aromatic rings. The van der Waals surface area contributed by atoms with E-state index in [0.717, 1.165) is 37.7 Å².